The Kier molecular flexibility index (Phi) is 4.42. The molecular formula is C18H16BrNS. The molecule has 0 aliphatic rings. The third kappa shape index (κ3) is 3.55. The highest BCUT2D eigenvalue weighted by molar-refractivity contribution is 9.10. The Hall–Kier alpha value is -1.58. The largest absolute Gasteiger partial charge is 0.380 e. The minimum atomic E-state index is 0.860. The maximum Gasteiger partial charge on any atom is 0.0494 e. The molecule has 0 fully saturated rings. The van der Waals surface area contributed by atoms with E-state index in [1.54, 1.807) is 11.3 Å². The van der Waals surface area contributed by atoms with Gasteiger partial charge in [-0.25, -0.2) is 0 Å². The summed E-state index contributed by atoms with van der Waals surface area (Å²) in [5, 5.41) is 5.70. The standard InChI is InChI=1S/C18H16BrNS/c1-13-9-16(7-8-18(13)19)20-11-17-10-15(12-21-17)14-5-3-2-4-6-14/h2-10,12,20H,11H2,1H3. The highest BCUT2D eigenvalue weighted by Crippen LogP contribution is 2.26. The van der Waals surface area contributed by atoms with Crippen LogP contribution in [0.4, 0.5) is 5.69 Å². The van der Waals surface area contributed by atoms with Gasteiger partial charge in [0.15, 0.2) is 0 Å². The molecular weight excluding hydrogens is 342 g/mol. The third-order valence-corrected chi connectivity index (χ3v) is 5.21. The molecule has 0 amide bonds. The van der Waals surface area contributed by atoms with Gasteiger partial charge in [0.25, 0.3) is 0 Å². The number of anilines is 1. The number of rotatable bonds is 4. The molecule has 3 aromatic rings. The van der Waals surface area contributed by atoms with E-state index in [2.05, 4.69) is 82.1 Å². The molecule has 3 heteroatoms. The predicted molar refractivity (Wildman–Crippen MR) is 96.0 cm³/mol. The summed E-state index contributed by atoms with van der Waals surface area (Å²) in [6.45, 7) is 2.96. The van der Waals surface area contributed by atoms with Gasteiger partial charge in [0.05, 0.1) is 0 Å². The van der Waals surface area contributed by atoms with E-state index in [4.69, 9.17) is 0 Å². The number of halogens is 1. The van der Waals surface area contributed by atoms with Crippen LogP contribution in [-0.4, -0.2) is 0 Å². The van der Waals surface area contributed by atoms with Crippen molar-refractivity contribution in [3.8, 4) is 11.1 Å². The molecule has 0 unspecified atom stereocenters. The lowest BCUT2D eigenvalue weighted by atomic mass is 10.1. The minimum absolute atomic E-state index is 0.860. The van der Waals surface area contributed by atoms with Gasteiger partial charge in [-0.2, -0.15) is 0 Å². The van der Waals surface area contributed by atoms with Crippen molar-refractivity contribution in [3.05, 3.63) is 74.9 Å². The summed E-state index contributed by atoms with van der Waals surface area (Å²) in [5.41, 5.74) is 4.98. The van der Waals surface area contributed by atoms with Gasteiger partial charge in [0.2, 0.25) is 0 Å². The summed E-state index contributed by atoms with van der Waals surface area (Å²) in [4.78, 5) is 1.34. The number of hydrogen-bond donors (Lipinski definition) is 1. The summed E-state index contributed by atoms with van der Waals surface area (Å²) in [5.74, 6) is 0. The zero-order chi connectivity index (χ0) is 14.7. The van der Waals surface area contributed by atoms with Crippen LogP contribution in [0.3, 0.4) is 0 Å². The van der Waals surface area contributed by atoms with Crippen LogP contribution in [0.1, 0.15) is 10.4 Å². The quantitative estimate of drug-likeness (QED) is 0.594. The molecule has 1 heterocycles. The Morgan fingerprint density at radius 1 is 1.00 bits per heavy atom. The topological polar surface area (TPSA) is 12.0 Å². The van der Waals surface area contributed by atoms with Gasteiger partial charge >= 0.3 is 0 Å². The molecule has 1 nitrogen and oxygen atoms in total. The van der Waals surface area contributed by atoms with Gasteiger partial charge in [-0.1, -0.05) is 46.3 Å². The van der Waals surface area contributed by atoms with Crippen molar-refractivity contribution >= 4 is 33.0 Å². The van der Waals surface area contributed by atoms with Gasteiger partial charge < -0.3 is 5.32 Å². The monoisotopic (exact) mass is 357 g/mol. The summed E-state index contributed by atoms with van der Waals surface area (Å²) in [6, 6.07) is 19.1. The van der Waals surface area contributed by atoms with Gasteiger partial charge in [-0.05, 0) is 53.3 Å². The first-order chi connectivity index (χ1) is 10.2. The first-order valence-electron chi connectivity index (χ1n) is 6.85. The SMILES string of the molecule is Cc1cc(NCc2cc(-c3ccccc3)cs2)ccc1Br. The van der Waals surface area contributed by atoms with E-state index in [1.807, 2.05) is 6.07 Å². The number of hydrogen-bond acceptors (Lipinski definition) is 2. The summed E-state index contributed by atoms with van der Waals surface area (Å²) >= 11 is 5.33. The molecule has 0 saturated carbocycles. The van der Waals surface area contributed by atoms with E-state index in [1.165, 1.54) is 21.6 Å². The van der Waals surface area contributed by atoms with E-state index in [0.29, 0.717) is 0 Å². The van der Waals surface area contributed by atoms with Gasteiger partial charge in [-0.3, -0.25) is 0 Å². The molecule has 1 N–H and O–H groups in total. The molecule has 21 heavy (non-hydrogen) atoms. The Labute approximate surface area is 137 Å². The minimum Gasteiger partial charge on any atom is -0.380 e. The van der Waals surface area contributed by atoms with E-state index in [-0.39, 0.29) is 0 Å². The summed E-state index contributed by atoms with van der Waals surface area (Å²) in [6.07, 6.45) is 0. The van der Waals surface area contributed by atoms with Crippen molar-refractivity contribution in [1.82, 2.24) is 0 Å². The van der Waals surface area contributed by atoms with Crippen LogP contribution >= 0.6 is 27.3 Å². The second kappa shape index (κ2) is 6.46. The maximum atomic E-state index is 3.53. The molecule has 106 valence electrons. The third-order valence-electron chi connectivity index (χ3n) is 3.39. The van der Waals surface area contributed by atoms with Crippen molar-refractivity contribution in [3.63, 3.8) is 0 Å². The Balaban J connectivity index is 1.69. The zero-order valence-corrected chi connectivity index (χ0v) is 14.2. The van der Waals surface area contributed by atoms with Gasteiger partial charge in [0, 0.05) is 21.6 Å². The smallest absolute Gasteiger partial charge is 0.0494 e. The Bertz CT molecular complexity index is 734. The molecule has 1 aromatic heterocycles. The fourth-order valence-corrected chi connectivity index (χ4v) is 3.28. The normalized spacial score (nSPS) is 10.6. The van der Waals surface area contributed by atoms with Crippen LogP contribution in [-0.2, 0) is 6.54 Å². The highest BCUT2D eigenvalue weighted by atomic mass is 79.9. The van der Waals surface area contributed by atoms with Crippen molar-refractivity contribution in [1.29, 1.82) is 0 Å². The Morgan fingerprint density at radius 2 is 1.81 bits per heavy atom. The molecule has 0 aliphatic heterocycles. The summed E-state index contributed by atoms with van der Waals surface area (Å²) in [7, 11) is 0. The molecule has 0 bridgehead atoms. The predicted octanol–water partition coefficient (Wildman–Crippen LogP) is 6.10. The zero-order valence-electron chi connectivity index (χ0n) is 11.8. The van der Waals surface area contributed by atoms with Crippen LogP contribution < -0.4 is 5.32 Å². The molecule has 0 atom stereocenters. The lowest BCUT2D eigenvalue weighted by Crippen LogP contribution is -1.97. The first-order valence-corrected chi connectivity index (χ1v) is 8.52. The van der Waals surface area contributed by atoms with Crippen molar-refractivity contribution < 1.29 is 0 Å². The lowest BCUT2D eigenvalue weighted by molar-refractivity contribution is 1.19. The summed E-state index contributed by atoms with van der Waals surface area (Å²) < 4.78 is 1.15. The first kappa shape index (κ1) is 14.4. The highest BCUT2D eigenvalue weighted by Gasteiger charge is 2.03. The number of thiophene rings is 1. The molecule has 0 aliphatic carbocycles. The average molecular weight is 358 g/mol. The maximum absolute atomic E-state index is 3.53. The second-order valence-electron chi connectivity index (χ2n) is 4.99. The number of nitrogens with one attached hydrogen (secondary N) is 1. The number of benzene rings is 2. The van der Waals surface area contributed by atoms with Crippen LogP contribution in [0.25, 0.3) is 11.1 Å². The van der Waals surface area contributed by atoms with Crippen LogP contribution in [0.5, 0.6) is 0 Å². The van der Waals surface area contributed by atoms with E-state index >= 15 is 0 Å². The van der Waals surface area contributed by atoms with E-state index in [0.717, 1.165) is 16.7 Å². The van der Waals surface area contributed by atoms with Crippen molar-refractivity contribution in [2.45, 2.75) is 13.5 Å². The fourth-order valence-electron chi connectivity index (χ4n) is 2.20. The van der Waals surface area contributed by atoms with Crippen LogP contribution in [0.15, 0.2) is 64.5 Å². The lowest BCUT2D eigenvalue weighted by Gasteiger charge is -2.06. The second-order valence-corrected chi connectivity index (χ2v) is 6.84. The molecule has 3 rings (SSSR count). The van der Waals surface area contributed by atoms with Crippen molar-refractivity contribution in [2.75, 3.05) is 5.32 Å². The van der Waals surface area contributed by atoms with Crippen LogP contribution in [0.2, 0.25) is 0 Å². The molecule has 0 radical (unpaired) electrons. The molecule has 0 saturated heterocycles. The van der Waals surface area contributed by atoms with E-state index in [9.17, 15) is 0 Å². The van der Waals surface area contributed by atoms with Crippen LogP contribution in [0, 0.1) is 6.92 Å². The van der Waals surface area contributed by atoms with Gasteiger partial charge in [-0.15, -0.1) is 11.3 Å². The average Bonchev–Trinajstić information content (AvgIpc) is 2.98. The fraction of sp³-hybridized carbons (Fsp3) is 0.111. The van der Waals surface area contributed by atoms with Crippen molar-refractivity contribution in [2.24, 2.45) is 0 Å². The molecule has 2 aromatic carbocycles. The number of aryl methyl sites for hydroxylation is 1. The Morgan fingerprint density at radius 3 is 2.57 bits per heavy atom. The van der Waals surface area contributed by atoms with Gasteiger partial charge in [0.1, 0.15) is 0 Å². The van der Waals surface area contributed by atoms with E-state index < -0.39 is 0 Å². The molecule has 0 spiro atoms.